The van der Waals surface area contributed by atoms with Gasteiger partial charge in [0.15, 0.2) is 5.65 Å². The summed E-state index contributed by atoms with van der Waals surface area (Å²) in [4.78, 5) is 22.8. The van der Waals surface area contributed by atoms with E-state index in [0.29, 0.717) is 24.0 Å². The molecule has 19 heavy (non-hydrogen) atoms. The van der Waals surface area contributed by atoms with Crippen LogP contribution in [0.15, 0.2) is 11.0 Å². The fourth-order valence-electron chi connectivity index (χ4n) is 2.72. The van der Waals surface area contributed by atoms with Gasteiger partial charge in [0.05, 0.1) is 11.8 Å². The number of hydrogen-bond acceptors (Lipinski definition) is 4. The monoisotopic (exact) mass is 282 g/mol. The van der Waals surface area contributed by atoms with Crippen LogP contribution in [0, 0.1) is 0 Å². The van der Waals surface area contributed by atoms with Gasteiger partial charge in [-0.3, -0.25) is 4.57 Å². The summed E-state index contributed by atoms with van der Waals surface area (Å²) >= 11 is 5.79. The molecule has 0 aliphatic heterocycles. The lowest BCUT2D eigenvalue weighted by molar-refractivity contribution is 0.00997. The fraction of sp³-hybridized carbons (Fsp3) is 0.583. The van der Waals surface area contributed by atoms with Crippen molar-refractivity contribution >= 4 is 22.8 Å². The average Bonchev–Trinajstić information content (AvgIpc) is 2.65. The zero-order valence-electron chi connectivity index (χ0n) is 10.6. The van der Waals surface area contributed by atoms with Gasteiger partial charge in [-0.2, -0.15) is 4.98 Å². The van der Waals surface area contributed by atoms with Crippen LogP contribution in [0.5, 0.6) is 0 Å². The number of fused-ring (bicyclic) bond motifs is 1. The van der Waals surface area contributed by atoms with Crippen molar-refractivity contribution in [2.24, 2.45) is 0 Å². The minimum atomic E-state index is -0.626. The molecule has 0 spiro atoms. The second-order valence-electron chi connectivity index (χ2n) is 5.40. The Bertz CT molecular complexity index is 666. The molecule has 102 valence electrons. The highest BCUT2D eigenvalue weighted by atomic mass is 35.5. The second-order valence-corrected chi connectivity index (χ2v) is 5.74. The Morgan fingerprint density at radius 2 is 2.21 bits per heavy atom. The first kappa shape index (κ1) is 12.6. The van der Waals surface area contributed by atoms with E-state index in [0.717, 1.165) is 12.8 Å². The van der Waals surface area contributed by atoms with Gasteiger partial charge in [0.25, 0.3) is 0 Å². The van der Waals surface area contributed by atoms with Crippen LogP contribution >= 0.6 is 11.6 Å². The number of nitrogens with zero attached hydrogens (tertiary/aromatic N) is 3. The largest absolute Gasteiger partial charge is 0.390 e. The van der Waals surface area contributed by atoms with E-state index in [2.05, 4.69) is 15.0 Å². The zero-order valence-corrected chi connectivity index (χ0v) is 11.3. The SMILES string of the molecule is C[C@]1(O)CC[C@H](n2c(=O)[nH]c3cnc(Cl)nc32)CC1. The van der Waals surface area contributed by atoms with Gasteiger partial charge in [-0.15, -0.1) is 0 Å². The molecule has 1 fully saturated rings. The van der Waals surface area contributed by atoms with Crippen LogP contribution in [0.1, 0.15) is 38.6 Å². The molecule has 0 saturated heterocycles. The van der Waals surface area contributed by atoms with Crippen LogP contribution in [0.2, 0.25) is 5.28 Å². The molecule has 0 unspecified atom stereocenters. The predicted octanol–water partition coefficient (Wildman–Crippen LogP) is 1.64. The highest BCUT2D eigenvalue weighted by molar-refractivity contribution is 6.28. The van der Waals surface area contributed by atoms with Crippen molar-refractivity contribution in [1.29, 1.82) is 0 Å². The van der Waals surface area contributed by atoms with Crippen molar-refractivity contribution in [3.05, 3.63) is 22.0 Å². The van der Waals surface area contributed by atoms with Gasteiger partial charge in [0.1, 0.15) is 5.52 Å². The molecular formula is C12H15ClN4O2. The van der Waals surface area contributed by atoms with Gasteiger partial charge in [-0.1, -0.05) is 0 Å². The molecule has 0 bridgehead atoms. The molecule has 1 aliphatic rings. The number of aromatic nitrogens is 4. The number of aliphatic hydroxyl groups is 1. The van der Waals surface area contributed by atoms with Gasteiger partial charge in [-0.25, -0.2) is 9.78 Å². The van der Waals surface area contributed by atoms with Gasteiger partial charge in [-0.05, 0) is 44.2 Å². The molecule has 1 aliphatic carbocycles. The molecule has 6 nitrogen and oxygen atoms in total. The predicted molar refractivity (Wildman–Crippen MR) is 71.3 cm³/mol. The van der Waals surface area contributed by atoms with Crippen LogP contribution in [0.3, 0.4) is 0 Å². The number of aromatic amines is 1. The third-order valence-corrected chi connectivity index (χ3v) is 4.01. The quantitative estimate of drug-likeness (QED) is 0.779. The maximum absolute atomic E-state index is 12.0. The Labute approximate surface area is 114 Å². The highest BCUT2D eigenvalue weighted by Gasteiger charge is 2.31. The van der Waals surface area contributed by atoms with Crippen LogP contribution in [-0.2, 0) is 0 Å². The number of hydrogen-bond donors (Lipinski definition) is 2. The van der Waals surface area contributed by atoms with Gasteiger partial charge in [0, 0.05) is 6.04 Å². The minimum absolute atomic E-state index is 0.0486. The molecule has 0 aromatic carbocycles. The Balaban J connectivity index is 2.03. The third kappa shape index (κ3) is 2.26. The minimum Gasteiger partial charge on any atom is -0.390 e. The van der Waals surface area contributed by atoms with Gasteiger partial charge >= 0.3 is 5.69 Å². The first-order chi connectivity index (χ1) is 8.96. The molecule has 2 N–H and O–H groups in total. The van der Waals surface area contributed by atoms with E-state index in [1.807, 2.05) is 6.92 Å². The van der Waals surface area contributed by atoms with Crippen molar-refractivity contribution in [2.45, 2.75) is 44.2 Å². The van der Waals surface area contributed by atoms with E-state index < -0.39 is 5.60 Å². The number of H-pyrrole nitrogens is 1. The third-order valence-electron chi connectivity index (χ3n) is 3.83. The maximum atomic E-state index is 12.0. The molecule has 2 heterocycles. The Morgan fingerprint density at radius 1 is 1.53 bits per heavy atom. The van der Waals surface area contributed by atoms with E-state index >= 15 is 0 Å². The fourth-order valence-corrected chi connectivity index (χ4v) is 2.85. The van der Waals surface area contributed by atoms with Crippen molar-refractivity contribution in [2.75, 3.05) is 0 Å². The molecule has 1 saturated carbocycles. The number of imidazole rings is 1. The van der Waals surface area contributed by atoms with Crippen LogP contribution in [0.25, 0.3) is 11.2 Å². The van der Waals surface area contributed by atoms with Gasteiger partial charge in [0.2, 0.25) is 5.28 Å². The van der Waals surface area contributed by atoms with Crippen molar-refractivity contribution < 1.29 is 5.11 Å². The summed E-state index contributed by atoms with van der Waals surface area (Å²) in [6.45, 7) is 1.83. The molecule has 2 aromatic rings. The van der Waals surface area contributed by atoms with Crippen LogP contribution < -0.4 is 5.69 Å². The summed E-state index contributed by atoms with van der Waals surface area (Å²) in [5.41, 5.74) is 0.306. The average molecular weight is 283 g/mol. The molecule has 2 aromatic heterocycles. The Hall–Kier alpha value is -1.40. The lowest BCUT2D eigenvalue weighted by Gasteiger charge is -2.33. The van der Waals surface area contributed by atoms with Crippen molar-refractivity contribution in [3.63, 3.8) is 0 Å². The van der Waals surface area contributed by atoms with E-state index in [1.165, 1.54) is 6.20 Å². The molecule has 0 amide bonds. The molecule has 3 rings (SSSR count). The summed E-state index contributed by atoms with van der Waals surface area (Å²) in [5, 5.41) is 10.1. The smallest absolute Gasteiger partial charge is 0.327 e. The topological polar surface area (TPSA) is 83.8 Å². The highest BCUT2D eigenvalue weighted by Crippen LogP contribution is 2.34. The molecule has 7 heteroatoms. The summed E-state index contributed by atoms with van der Waals surface area (Å²) in [6.07, 6.45) is 4.37. The normalized spacial score (nSPS) is 27.8. The summed E-state index contributed by atoms with van der Waals surface area (Å²) in [6, 6.07) is 0.0486. The van der Waals surface area contributed by atoms with E-state index in [-0.39, 0.29) is 17.0 Å². The van der Waals surface area contributed by atoms with Crippen LogP contribution in [-0.4, -0.2) is 30.2 Å². The van der Waals surface area contributed by atoms with E-state index in [1.54, 1.807) is 4.57 Å². The summed E-state index contributed by atoms with van der Waals surface area (Å²) in [7, 11) is 0. The number of rotatable bonds is 1. The zero-order chi connectivity index (χ0) is 13.6. The van der Waals surface area contributed by atoms with Crippen molar-refractivity contribution in [1.82, 2.24) is 19.5 Å². The second kappa shape index (κ2) is 4.31. The van der Waals surface area contributed by atoms with Crippen molar-refractivity contribution in [3.8, 4) is 0 Å². The number of nitrogens with one attached hydrogen (secondary N) is 1. The van der Waals surface area contributed by atoms with E-state index in [9.17, 15) is 9.90 Å². The number of halogens is 1. The lowest BCUT2D eigenvalue weighted by atomic mass is 9.83. The van der Waals surface area contributed by atoms with Gasteiger partial charge < -0.3 is 10.1 Å². The lowest BCUT2D eigenvalue weighted by Crippen LogP contribution is -2.34. The molecule has 0 radical (unpaired) electrons. The first-order valence-electron chi connectivity index (χ1n) is 6.31. The van der Waals surface area contributed by atoms with E-state index in [4.69, 9.17) is 11.6 Å². The summed E-state index contributed by atoms with van der Waals surface area (Å²) in [5.74, 6) is 0. The molecule has 0 atom stereocenters. The Morgan fingerprint density at radius 3 is 2.89 bits per heavy atom. The van der Waals surface area contributed by atoms with Crippen LogP contribution in [0.4, 0.5) is 0 Å². The summed E-state index contributed by atoms with van der Waals surface area (Å²) < 4.78 is 1.64. The first-order valence-corrected chi connectivity index (χ1v) is 6.69. The Kier molecular flexibility index (Phi) is 2.87. The maximum Gasteiger partial charge on any atom is 0.327 e. The standard InChI is InChI=1S/C12H15ClN4O2/c1-12(19)4-2-7(3-5-12)17-9-8(15-11(17)18)6-14-10(13)16-9/h6-7,19H,2-5H2,1H3,(H,15,18)/t7-,12-. The molecular weight excluding hydrogens is 268 g/mol.